The Balaban J connectivity index is 2.77. The number of benzene rings is 1. The van der Waals surface area contributed by atoms with Crippen molar-refractivity contribution >= 4 is 5.91 Å². The van der Waals surface area contributed by atoms with Crippen LogP contribution in [-0.2, 0) is 11.2 Å². The minimum absolute atomic E-state index is 0.109. The molecule has 1 aromatic rings. The first kappa shape index (κ1) is 13.2. The van der Waals surface area contributed by atoms with Crippen molar-refractivity contribution in [2.24, 2.45) is 0 Å². The van der Waals surface area contributed by atoms with Gasteiger partial charge >= 0.3 is 0 Å². The lowest BCUT2D eigenvalue weighted by atomic mass is 10.1. The molecule has 4 heteroatoms. The minimum Gasteiger partial charge on any atom is -0.332 e. The molecule has 2 nitrogen and oxygen atoms in total. The van der Waals surface area contributed by atoms with Crippen molar-refractivity contribution < 1.29 is 13.6 Å². The summed E-state index contributed by atoms with van der Waals surface area (Å²) in [7, 11) is 0. The first-order valence-corrected chi connectivity index (χ1v) is 5.23. The Morgan fingerprint density at radius 2 is 2.18 bits per heavy atom. The van der Waals surface area contributed by atoms with E-state index in [-0.39, 0.29) is 24.4 Å². The van der Waals surface area contributed by atoms with Gasteiger partial charge in [0.25, 0.3) is 0 Å². The monoisotopic (exact) mass is 237 g/mol. The van der Waals surface area contributed by atoms with E-state index >= 15 is 0 Å². The van der Waals surface area contributed by atoms with Crippen molar-refractivity contribution in [3.8, 4) is 12.3 Å². The van der Waals surface area contributed by atoms with E-state index in [0.717, 1.165) is 12.1 Å². The number of carbonyl (C=O) groups is 1. The Morgan fingerprint density at radius 1 is 1.47 bits per heavy atom. The summed E-state index contributed by atoms with van der Waals surface area (Å²) < 4.78 is 26.0. The molecule has 0 saturated heterocycles. The van der Waals surface area contributed by atoms with Gasteiger partial charge in [-0.3, -0.25) is 4.79 Å². The standard InChI is InChI=1S/C13H13F2NO/c1-3-7-16(4-2)13(17)8-10-5-6-11(14)9-12(10)15/h1,5-6,9H,4,7-8H2,2H3. The van der Waals surface area contributed by atoms with Gasteiger partial charge in [0.15, 0.2) is 0 Å². The van der Waals surface area contributed by atoms with Crippen LogP contribution in [0.25, 0.3) is 0 Å². The maximum atomic E-state index is 13.3. The number of carbonyl (C=O) groups excluding carboxylic acids is 1. The molecule has 0 aliphatic carbocycles. The summed E-state index contributed by atoms with van der Waals surface area (Å²) in [6.45, 7) is 2.44. The average molecular weight is 237 g/mol. The van der Waals surface area contributed by atoms with Crippen LogP contribution in [0.5, 0.6) is 0 Å². The van der Waals surface area contributed by atoms with Crippen molar-refractivity contribution in [3.63, 3.8) is 0 Å². The fourth-order valence-electron chi connectivity index (χ4n) is 1.43. The summed E-state index contributed by atoms with van der Waals surface area (Å²) in [6, 6.07) is 3.16. The van der Waals surface area contributed by atoms with E-state index in [2.05, 4.69) is 5.92 Å². The molecule has 0 saturated carbocycles. The Kier molecular flexibility index (Phi) is 4.65. The highest BCUT2D eigenvalue weighted by Gasteiger charge is 2.14. The molecule has 0 aliphatic heterocycles. The zero-order valence-electron chi connectivity index (χ0n) is 9.54. The van der Waals surface area contributed by atoms with E-state index in [4.69, 9.17) is 6.42 Å². The second kappa shape index (κ2) is 6.00. The number of rotatable bonds is 4. The van der Waals surface area contributed by atoms with Crippen molar-refractivity contribution in [1.29, 1.82) is 0 Å². The molecule has 1 rings (SSSR count). The molecule has 1 aromatic carbocycles. The third kappa shape index (κ3) is 3.56. The topological polar surface area (TPSA) is 20.3 Å². The molecular weight excluding hydrogens is 224 g/mol. The van der Waals surface area contributed by atoms with Crippen molar-refractivity contribution in [2.75, 3.05) is 13.1 Å². The van der Waals surface area contributed by atoms with Crippen LogP contribution in [0.3, 0.4) is 0 Å². The summed E-state index contributed by atoms with van der Waals surface area (Å²) >= 11 is 0. The minimum atomic E-state index is -0.713. The van der Waals surface area contributed by atoms with Crippen LogP contribution in [0, 0.1) is 24.0 Å². The Bertz CT molecular complexity index is 451. The number of likely N-dealkylation sites (N-methyl/N-ethyl adjacent to an activating group) is 1. The SMILES string of the molecule is C#CCN(CC)C(=O)Cc1ccc(F)cc1F. The molecule has 0 bridgehead atoms. The van der Waals surface area contributed by atoms with E-state index in [1.807, 2.05) is 0 Å². The van der Waals surface area contributed by atoms with Gasteiger partial charge in [-0.1, -0.05) is 12.0 Å². The third-order valence-electron chi connectivity index (χ3n) is 2.37. The van der Waals surface area contributed by atoms with Crippen LogP contribution in [0.2, 0.25) is 0 Å². The van der Waals surface area contributed by atoms with E-state index in [9.17, 15) is 13.6 Å². The van der Waals surface area contributed by atoms with Crippen LogP contribution in [0.4, 0.5) is 8.78 Å². The molecule has 0 unspecified atom stereocenters. The molecule has 0 N–H and O–H groups in total. The van der Waals surface area contributed by atoms with Crippen LogP contribution in [0.1, 0.15) is 12.5 Å². The predicted molar refractivity (Wildman–Crippen MR) is 61.1 cm³/mol. The van der Waals surface area contributed by atoms with Gasteiger partial charge < -0.3 is 4.90 Å². The highest BCUT2D eigenvalue weighted by Crippen LogP contribution is 2.11. The second-order valence-electron chi connectivity index (χ2n) is 3.52. The molecule has 17 heavy (non-hydrogen) atoms. The van der Waals surface area contributed by atoms with Crippen LogP contribution in [0.15, 0.2) is 18.2 Å². The molecule has 0 heterocycles. The molecule has 0 spiro atoms. The highest BCUT2D eigenvalue weighted by molar-refractivity contribution is 5.79. The normalized spacial score (nSPS) is 9.76. The van der Waals surface area contributed by atoms with Gasteiger partial charge in [-0.2, -0.15) is 0 Å². The van der Waals surface area contributed by atoms with Crippen molar-refractivity contribution in [2.45, 2.75) is 13.3 Å². The highest BCUT2D eigenvalue weighted by atomic mass is 19.1. The number of halogens is 2. The number of hydrogen-bond donors (Lipinski definition) is 0. The first-order valence-electron chi connectivity index (χ1n) is 5.23. The van der Waals surface area contributed by atoms with E-state index in [0.29, 0.717) is 6.54 Å². The van der Waals surface area contributed by atoms with E-state index in [1.165, 1.54) is 11.0 Å². The lowest BCUT2D eigenvalue weighted by molar-refractivity contribution is -0.129. The van der Waals surface area contributed by atoms with Gasteiger partial charge in [0, 0.05) is 12.6 Å². The number of hydrogen-bond acceptors (Lipinski definition) is 1. The first-order chi connectivity index (χ1) is 8.08. The zero-order valence-corrected chi connectivity index (χ0v) is 9.54. The Morgan fingerprint density at radius 3 is 2.71 bits per heavy atom. The summed E-state index contributed by atoms with van der Waals surface area (Å²) in [5.41, 5.74) is 0.173. The third-order valence-corrected chi connectivity index (χ3v) is 2.37. The molecule has 0 fully saturated rings. The average Bonchev–Trinajstić information content (AvgIpc) is 2.29. The maximum Gasteiger partial charge on any atom is 0.227 e. The van der Waals surface area contributed by atoms with Crippen LogP contribution in [-0.4, -0.2) is 23.9 Å². The Hall–Kier alpha value is -1.89. The number of amides is 1. The van der Waals surface area contributed by atoms with Crippen molar-refractivity contribution in [3.05, 3.63) is 35.4 Å². The van der Waals surface area contributed by atoms with Gasteiger partial charge in [0.2, 0.25) is 5.91 Å². The quantitative estimate of drug-likeness (QED) is 0.733. The molecule has 0 aliphatic rings. The van der Waals surface area contributed by atoms with Crippen molar-refractivity contribution in [1.82, 2.24) is 4.90 Å². The Labute approximate surface area is 99.2 Å². The fourth-order valence-corrected chi connectivity index (χ4v) is 1.43. The van der Waals surface area contributed by atoms with Gasteiger partial charge in [0.1, 0.15) is 11.6 Å². The molecule has 1 amide bonds. The van der Waals surface area contributed by atoms with Crippen LogP contribution >= 0.6 is 0 Å². The van der Waals surface area contributed by atoms with Gasteiger partial charge in [0.05, 0.1) is 13.0 Å². The van der Waals surface area contributed by atoms with Gasteiger partial charge in [-0.25, -0.2) is 8.78 Å². The largest absolute Gasteiger partial charge is 0.332 e. The maximum absolute atomic E-state index is 13.3. The lowest BCUT2D eigenvalue weighted by Crippen LogP contribution is -2.32. The second-order valence-corrected chi connectivity index (χ2v) is 3.52. The summed E-state index contributed by atoms with van der Waals surface area (Å²) in [5.74, 6) is 0.722. The molecule has 90 valence electrons. The smallest absolute Gasteiger partial charge is 0.227 e. The van der Waals surface area contributed by atoms with Gasteiger partial charge in [-0.15, -0.1) is 6.42 Å². The summed E-state index contributed by atoms with van der Waals surface area (Å²) in [5, 5.41) is 0. The predicted octanol–water partition coefficient (Wildman–Crippen LogP) is 1.99. The van der Waals surface area contributed by atoms with E-state index < -0.39 is 11.6 Å². The molecule has 0 atom stereocenters. The number of nitrogens with zero attached hydrogens (tertiary/aromatic N) is 1. The van der Waals surface area contributed by atoms with Crippen LogP contribution < -0.4 is 0 Å². The summed E-state index contributed by atoms with van der Waals surface area (Å²) in [6.07, 6.45) is 5.01. The molecular formula is C13H13F2NO. The fraction of sp³-hybridized carbons (Fsp3) is 0.308. The summed E-state index contributed by atoms with van der Waals surface area (Å²) in [4.78, 5) is 13.2. The lowest BCUT2D eigenvalue weighted by Gasteiger charge is -2.18. The van der Waals surface area contributed by atoms with E-state index in [1.54, 1.807) is 6.92 Å². The van der Waals surface area contributed by atoms with Gasteiger partial charge in [-0.05, 0) is 18.6 Å². The molecule has 0 radical (unpaired) electrons. The number of terminal acetylenes is 1. The molecule has 0 aromatic heterocycles. The zero-order chi connectivity index (χ0) is 12.8.